The number of carbonyl (C=O) groups is 1. The molecule has 1 N–H and O–H groups in total. The predicted octanol–water partition coefficient (Wildman–Crippen LogP) is 2.42. The molecule has 1 amide bonds. The van der Waals surface area contributed by atoms with Gasteiger partial charge in [-0.2, -0.15) is 5.10 Å². The Balaban J connectivity index is 0.00000121. The molecule has 0 saturated heterocycles. The number of amides is 1. The Kier molecular flexibility index (Phi) is 6.87. The lowest BCUT2D eigenvalue weighted by Gasteiger charge is -2.25. The molecule has 1 aliphatic heterocycles. The molecule has 120 valence electrons. The number of halogens is 2. The summed E-state index contributed by atoms with van der Waals surface area (Å²) in [5.74, 6) is 0.0739. The van der Waals surface area contributed by atoms with E-state index in [4.69, 9.17) is 0 Å². The first-order valence-corrected chi connectivity index (χ1v) is 6.86. The van der Waals surface area contributed by atoms with Gasteiger partial charge in [0.15, 0.2) is 0 Å². The zero-order valence-corrected chi connectivity index (χ0v) is 13.9. The molecular formula is C15H20Cl2N4O. The summed E-state index contributed by atoms with van der Waals surface area (Å²) in [7, 11) is 0. The second-order valence-electron chi connectivity index (χ2n) is 4.96. The summed E-state index contributed by atoms with van der Waals surface area (Å²) >= 11 is 0. The van der Waals surface area contributed by atoms with Gasteiger partial charge in [0.2, 0.25) is 0 Å². The van der Waals surface area contributed by atoms with Gasteiger partial charge in [0.25, 0.3) is 5.91 Å². The second-order valence-corrected chi connectivity index (χ2v) is 4.96. The number of fused-ring (bicyclic) bond motifs is 1. The lowest BCUT2D eigenvalue weighted by Crippen LogP contribution is -2.39. The number of rotatable bonds is 2. The number of nitrogens with zero attached hydrogens (tertiary/aromatic N) is 3. The average molecular weight is 343 g/mol. The van der Waals surface area contributed by atoms with E-state index in [0.717, 1.165) is 24.3 Å². The van der Waals surface area contributed by atoms with Crippen LogP contribution in [0.3, 0.4) is 0 Å². The fourth-order valence-corrected chi connectivity index (χ4v) is 2.54. The molecule has 1 aromatic carbocycles. The van der Waals surface area contributed by atoms with Gasteiger partial charge in [0.1, 0.15) is 6.04 Å². The van der Waals surface area contributed by atoms with Crippen LogP contribution in [0.25, 0.3) is 0 Å². The van der Waals surface area contributed by atoms with Crippen molar-refractivity contribution in [3.05, 3.63) is 48.3 Å². The summed E-state index contributed by atoms with van der Waals surface area (Å²) in [5.41, 5.74) is 2.16. The van der Waals surface area contributed by atoms with Crippen LogP contribution in [0.5, 0.6) is 0 Å². The van der Waals surface area contributed by atoms with Crippen molar-refractivity contribution in [3.8, 4) is 0 Å². The predicted molar refractivity (Wildman–Crippen MR) is 91.9 cm³/mol. The Morgan fingerprint density at radius 1 is 1.27 bits per heavy atom. The molecule has 0 bridgehead atoms. The van der Waals surface area contributed by atoms with E-state index in [9.17, 15) is 4.79 Å². The van der Waals surface area contributed by atoms with Crippen LogP contribution in [-0.2, 0) is 11.3 Å². The highest BCUT2D eigenvalue weighted by molar-refractivity contribution is 5.96. The summed E-state index contributed by atoms with van der Waals surface area (Å²) in [6.07, 6.45) is 3.52. The van der Waals surface area contributed by atoms with Crippen LogP contribution in [0.4, 0.5) is 5.69 Å². The summed E-state index contributed by atoms with van der Waals surface area (Å²) in [5, 5.41) is 7.51. The molecule has 0 spiro atoms. The third-order valence-corrected chi connectivity index (χ3v) is 3.66. The molecular weight excluding hydrogens is 323 g/mol. The van der Waals surface area contributed by atoms with Crippen molar-refractivity contribution in [3.63, 3.8) is 0 Å². The maximum atomic E-state index is 12.7. The lowest BCUT2D eigenvalue weighted by molar-refractivity contribution is -0.121. The molecule has 0 fully saturated rings. The van der Waals surface area contributed by atoms with E-state index in [1.165, 1.54) is 0 Å². The maximum absolute atomic E-state index is 12.7. The monoisotopic (exact) mass is 342 g/mol. The third-order valence-electron chi connectivity index (χ3n) is 3.66. The first-order chi connectivity index (χ1) is 9.77. The molecule has 1 atom stereocenters. The summed E-state index contributed by atoms with van der Waals surface area (Å²) in [4.78, 5) is 14.6. The van der Waals surface area contributed by atoms with Gasteiger partial charge in [0, 0.05) is 37.7 Å². The summed E-state index contributed by atoms with van der Waals surface area (Å²) in [6.45, 7) is 4.17. The number of hydrogen-bond donors (Lipinski definition) is 1. The zero-order chi connectivity index (χ0) is 13.9. The van der Waals surface area contributed by atoms with Crippen molar-refractivity contribution in [1.82, 2.24) is 15.1 Å². The normalized spacial score (nSPS) is 14.9. The molecule has 3 rings (SSSR count). The van der Waals surface area contributed by atoms with Crippen molar-refractivity contribution < 1.29 is 4.79 Å². The van der Waals surface area contributed by atoms with Crippen molar-refractivity contribution in [2.75, 3.05) is 18.0 Å². The number of anilines is 1. The van der Waals surface area contributed by atoms with Gasteiger partial charge in [-0.3, -0.25) is 9.48 Å². The van der Waals surface area contributed by atoms with E-state index < -0.39 is 0 Å². The topological polar surface area (TPSA) is 50.2 Å². The highest BCUT2D eigenvalue weighted by Gasteiger charge is 2.26. The second kappa shape index (κ2) is 8.17. The number of para-hydroxylation sites is 1. The molecule has 0 saturated carbocycles. The Labute approximate surface area is 142 Å². The Hall–Kier alpha value is -1.56. The van der Waals surface area contributed by atoms with Crippen molar-refractivity contribution in [2.45, 2.75) is 19.5 Å². The van der Waals surface area contributed by atoms with Crippen molar-refractivity contribution in [1.29, 1.82) is 0 Å². The van der Waals surface area contributed by atoms with Crippen LogP contribution in [0, 0.1) is 0 Å². The van der Waals surface area contributed by atoms with E-state index in [0.29, 0.717) is 6.54 Å². The highest BCUT2D eigenvalue weighted by Crippen LogP contribution is 2.24. The van der Waals surface area contributed by atoms with E-state index in [-0.39, 0.29) is 36.8 Å². The van der Waals surface area contributed by atoms with Crippen LogP contribution in [0.1, 0.15) is 18.5 Å². The van der Waals surface area contributed by atoms with Crippen LogP contribution in [0.2, 0.25) is 0 Å². The highest BCUT2D eigenvalue weighted by atomic mass is 35.5. The van der Waals surface area contributed by atoms with Crippen LogP contribution in [-0.4, -0.2) is 28.8 Å². The first-order valence-electron chi connectivity index (χ1n) is 6.86. The van der Waals surface area contributed by atoms with E-state index in [1.807, 2.05) is 42.3 Å². The Bertz CT molecular complexity index is 603. The minimum atomic E-state index is -0.295. The molecule has 1 aromatic heterocycles. The van der Waals surface area contributed by atoms with Gasteiger partial charge < -0.3 is 10.2 Å². The molecule has 2 aromatic rings. The Morgan fingerprint density at radius 3 is 2.77 bits per heavy atom. The van der Waals surface area contributed by atoms with Crippen molar-refractivity contribution in [2.24, 2.45) is 0 Å². The fraction of sp³-hybridized carbons (Fsp3) is 0.333. The number of nitrogens with one attached hydrogen (secondary N) is 1. The average Bonchev–Trinajstić information content (AvgIpc) is 2.93. The fourth-order valence-electron chi connectivity index (χ4n) is 2.54. The van der Waals surface area contributed by atoms with Crippen molar-refractivity contribution >= 4 is 36.4 Å². The molecule has 0 aliphatic carbocycles. The molecule has 22 heavy (non-hydrogen) atoms. The minimum Gasteiger partial charge on any atom is -0.311 e. The van der Waals surface area contributed by atoms with Gasteiger partial charge in [-0.25, -0.2) is 0 Å². The maximum Gasteiger partial charge on any atom is 0.251 e. The number of benzene rings is 1. The molecule has 1 aliphatic rings. The van der Waals surface area contributed by atoms with Gasteiger partial charge in [-0.1, -0.05) is 18.2 Å². The number of carbonyl (C=O) groups excluding carboxylic acids is 1. The lowest BCUT2D eigenvalue weighted by atomic mass is 10.1. The quantitative estimate of drug-likeness (QED) is 0.911. The number of aromatic nitrogens is 2. The molecule has 2 heterocycles. The van der Waals surface area contributed by atoms with Crippen LogP contribution < -0.4 is 10.2 Å². The van der Waals surface area contributed by atoms with Crippen LogP contribution >= 0.6 is 24.8 Å². The third kappa shape index (κ3) is 3.61. The SMILES string of the molecule is CC(C(=O)N1CCNCc2ccccc21)n1cccn1.Cl.Cl. The van der Waals surface area contributed by atoms with E-state index in [2.05, 4.69) is 16.5 Å². The number of hydrogen-bond acceptors (Lipinski definition) is 3. The molecule has 0 radical (unpaired) electrons. The van der Waals surface area contributed by atoms with Gasteiger partial charge in [-0.15, -0.1) is 24.8 Å². The standard InChI is InChI=1S/C15H18N4O.2ClH/c1-12(19-9-4-7-17-19)15(20)18-10-8-16-11-13-5-2-3-6-14(13)18;;/h2-7,9,12,16H,8,10-11H2,1H3;2*1H. The summed E-state index contributed by atoms with van der Waals surface area (Å²) in [6, 6.07) is 9.59. The van der Waals surface area contributed by atoms with Gasteiger partial charge in [0.05, 0.1) is 0 Å². The Morgan fingerprint density at radius 2 is 2.05 bits per heavy atom. The largest absolute Gasteiger partial charge is 0.311 e. The molecule has 5 nitrogen and oxygen atoms in total. The molecule has 7 heteroatoms. The smallest absolute Gasteiger partial charge is 0.251 e. The van der Waals surface area contributed by atoms with Gasteiger partial charge in [-0.05, 0) is 24.6 Å². The minimum absolute atomic E-state index is 0. The zero-order valence-electron chi connectivity index (χ0n) is 12.3. The first kappa shape index (κ1) is 18.5. The molecule has 1 unspecified atom stereocenters. The van der Waals surface area contributed by atoms with E-state index >= 15 is 0 Å². The van der Waals surface area contributed by atoms with Crippen LogP contribution in [0.15, 0.2) is 42.7 Å². The van der Waals surface area contributed by atoms with Gasteiger partial charge >= 0.3 is 0 Å². The van der Waals surface area contributed by atoms with E-state index in [1.54, 1.807) is 10.9 Å². The summed E-state index contributed by atoms with van der Waals surface area (Å²) < 4.78 is 1.70.